The van der Waals surface area contributed by atoms with Gasteiger partial charge in [0.05, 0.1) is 30.3 Å². The zero-order valence-electron chi connectivity index (χ0n) is 53.2. The summed E-state index contributed by atoms with van der Waals surface area (Å²) < 4.78 is 32.1. The Balaban J connectivity index is 1.20. The molecule has 8 bridgehead atoms. The number of benzene rings is 1. The number of hydrogen-bond donors (Lipinski definition) is 15. The summed E-state index contributed by atoms with van der Waals surface area (Å²) in [6.45, 7) is 19.6. The van der Waals surface area contributed by atoms with Gasteiger partial charge in [0, 0.05) is 108 Å². The third-order valence-corrected chi connectivity index (χ3v) is 21.5. The first-order valence-corrected chi connectivity index (χ1v) is 31.9. The maximum Gasteiger partial charge on any atom is 0.473 e. The number of aryl methyl sites for hydroxylation is 2. The summed E-state index contributed by atoms with van der Waals surface area (Å²) in [5.74, 6) is -6.16. The van der Waals surface area contributed by atoms with Crippen LogP contribution >= 0.6 is 7.82 Å². The number of phosphoric ester groups is 1. The van der Waals surface area contributed by atoms with E-state index in [1.807, 2.05) is 87.4 Å². The van der Waals surface area contributed by atoms with Crippen LogP contribution in [-0.4, -0.2) is 111 Å². The summed E-state index contributed by atoms with van der Waals surface area (Å²) >= 11 is 0. The number of fused-ring (bicyclic) bond motifs is 10. The summed E-state index contributed by atoms with van der Waals surface area (Å²) in [6.07, 6.45) is -1.38. The predicted molar refractivity (Wildman–Crippen MR) is 331 cm³/mol. The molecule has 0 spiro atoms. The number of carbonyl (C=O) groups excluding carboxylic acids is 7. The van der Waals surface area contributed by atoms with E-state index >= 15 is 0 Å². The van der Waals surface area contributed by atoms with Crippen LogP contribution in [0.25, 0.3) is 16.9 Å². The third kappa shape index (κ3) is 12.7. The molecule has 2 aromatic rings. The smallest absolute Gasteiger partial charge is 0.473 e. The number of imidazole rings is 1. The zero-order valence-corrected chi connectivity index (χ0v) is 54.1. The lowest BCUT2D eigenvalue weighted by atomic mass is 9.58. The monoisotopic (exact) mass is 1270 g/mol. The number of aliphatic hydroxyl groups is 2. The van der Waals surface area contributed by atoms with Gasteiger partial charge in [0.25, 0.3) is 0 Å². The Kier molecular flexibility index (Phi) is 19.1. The number of phosphoric acid groups is 1. The maximum atomic E-state index is 14.4. The van der Waals surface area contributed by atoms with Gasteiger partial charge in [-0.1, -0.05) is 27.7 Å². The fraction of sp³-hybridized carbons (Fsp3) is 0.581. The first-order chi connectivity index (χ1) is 41.8. The Bertz CT molecular complexity index is 3590. The number of aliphatic hydroxyl groups excluding tert-OH is 2. The molecule has 6 aliphatic heterocycles. The molecule has 7 heterocycles. The highest BCUT2D eigenvalue weighted by Gasteiger charge is 2.65. The van der Waals surface area contributed by atoms with Gasteiger partial charge < -0.3 is 80.8 Å². The van der Waals surface area contributed by atoms with Crippen LogP contribution in [0.15, 0.2) is 81.1 Å². The number of aromatic nitrogens is 2. The molecule has 0 saturated carbocycles. The van der Waals surface area contributed by atoms with E-state index in [9.17, 15) is 53.2 Å². The van der Waals surface area contributed by atoms with E-state index in [4.69, 9.17) is 48.2 Å². The average molecular weight is 1270 g/mol. The summed E-state index contributed by atoms with van der Waals surface area (Å²) in [4.78, 5) is 108. The molecule has 21 N–H and O–H groups in total. The van der Waals surface area contributed by atoms with Crippen molar-refractivity contribution in [3.05, 3.63) is 92.2 Å². The second-order valence-corrected chi connectivity index (χ2v) is 28.2. The average Bonchev–Trinajstić information content (AvgIpc) is 1.53. The minimum atomic E-state index is -5.08. The van der Waals surface area contributed by atoms with Crippen molar-refractivity contribution in [3.8, 4) is 0 Å². The van der Waals surface area contributed by atoms with E-state index < -0.39 is 125 Å². The zero-order chi connectivity index (χ0) is 66.7. The van der Waals surface area contributed by atoms with Gasteiger partial charge in [0.2, 0.25) is 53.4 Å². The van der Waals surface area contributed by atoms with Crippen molar-refractivity contribution in [1.82, 2.24) is 31.6 Å². The lowest BCUT2D eigenvalue weighted by molar-refractivity contribution is -0.574. The highest BCUT2D eigenvalue weighted by Crippen LogP contribution is 2.62. The first-order valence-electron chi connectivity index (χ1n) is 30.4. The van der Waals surface area contributed by atoms with Crippen molar-refractivity contribution in [1.29, 1.82) is 0 Å². The van der Waals surface area contributed by atoms with Crippen LogP contribution < -0.4 is 65.6 Å². The molecule has 7 amide bonds. The summed E-state index contributed by atoms with van der Waals surface area (Å²) in [5, 5.41) is 39.7. The molecule has 1 unspecified atom stereocenters. The predicted octanol–water partition coefficient (Wildman–Crippen LogP) is 2.50. The molecular weight excluding hydrogens is 1180 g/mol. The molecule has 8 rings (SSSR count). The molecular formula is C62H91N13O14P+. The standard InChI is InChI=1S/C62H90N13O14P/c1-29-20-39-40(21-30(29)2)75(28-70-39)57-52(84)53(41(27-76)87-57)89-90(85,86)88-31(3)26-69-49(83)18-19-59(8)37(22-46(66)80)56-62(11)61(10,25-48(68)82)36(14-17-45(65)79)51(74-62)33(5)55-60(9,24-47(67)81)34(12-15-43(63)77)38(71-55)23-42-58(6,7)35(13-16-44(64)78)50(72-42)32(4)54(59)73-56/h20-21,23,28,31,35,37,41,50,53,56,71-74,76H,12-19,22,24-27H2,1-11H3,(H15,63,64,65,66,67,68,69,77,78,79,80,81,82,83,84,85,86)/p+1/b42-23-,54-32-,55-33-/t31-,35-,37+,41-,50-,53-,56-,59-,60+,61+,62+/m1/s1. The van der Waals surface area contributed by atoms with Gasteiger partial charge in [0.1, 0.15) is 0 Å². The summed E-state index contributed by atoms with van der Waals surface area (Å²) in [5.41, 5.74) is 39.2. The molecule has 1 aromatic heterocycles. The molecule has 2 saturated heterocycles. The number of aromatic amines is 1. The second kappa shape index (κ2) is 25.2. The number of carbonyl (C=O) groups is 7. The van der Waals surface area contributed by atoms with Crippen molar-refractivity contribution >= 4 is 66.1 Å². The summed E-state index contributed by atoms with van der Waals surface area (Å²) in [6, 6.07) is 2.34. The van der Waals surface area contributed by atoms with Gasteiger partial charge in [-0.15, -0.1) is 0 Å². The minimum absolute atomic E-state index is 0.00660. The number of nitrogens with zero attached hydrogens (tertiary/aromatic N) is 1. The van der Waals surface area contributed by atoms with E-state index in [1.165, 1.54) is 17.8 Å². The van der Waals surface area contributed by atoms with E-state index in [1.54, 1.807) is 0 Å². The molecule has 0 aliphatic carbocycles. The Morgan fingerprint density at radius 3 is 2.02 bits per heavy atom. The number of primary amides is 6. The maximum absolute atomic E-state index is 14.4. The Labute approximate surface area is 523 Å². The van der Waals surface area contributed by atoms with Gasteiger partial charge in [-0.2, -0.15) is 4.57 Å². The summed E-state index contributed by atoms with van der Waals surface area (Å²) in [7, 11) is -5.08. The molecule has 27 nitrogen and oxygen atoms in total. The lowest BCUT2D eigenvalue weighted by Crippen LogP contribution is -2.64. The van der Waals surface area contributed by atoms with Crippen LogP contribution in [0.2, 0.25) is 0 Å². The lowest BCUT2D eigenvalue weighted by Gasteiger charge is -2.49. The molecule has 1 aromatic carbocycles. The van der Waals surface area contributed by atoms with Gasteiger partial charge in [-0.25, -0.2) is 9.55 Å². The largest absolute Gasteiger partial charge is 0.503 e. The van der Waals surface area contributed by atoms with E-state index in [0.29, 0.717) is 62.7 Å². The first kappa shape index (κ1) is 68.2. The molecule has 12 atom stereocenters. The van der Waals surface area contributed by atoms with E-state index in [2.05, 4.69) is 31.6 Å². The van der Waals surface area contributed by atoms with Gasteiger partial charge in [-0.3, -0.25) is 42.6 Å². The second-order valence-electron chi connectivity index (χ2n) is 26.8. The highest BCUT2D eigenvalue weighted by atomic mass is 31.2. The highest BCUT2D eigenvalue weighted by molar-refractivity contribution is 7.47. The number of amides is 7. The van der Waals surface area contributed by atoms with Crippen LogP contribution in [0.5, 0.6) is 0 Å². The van der Waals surface area contributed by atoms with Crippen molar-refractivity contribution < 1.29 is 71.6 Å². The van der Waals surface area contributed by atoms with Crippen LogP contribution in [0.1, 0.15) is 144 Å². The Morgan fingerprint density at radius 1 is 0.800 bits per heavy atom. The fourth-order valence-corrected chi connectivity index (χ4v) is 16.4. The van der Waals surface area contributed by atoms with Crippen molar-refractivity contribution in [2.24, 2.45) is 67.9 Å². The molecule has 2 fully saturated rings. The number of nitrogens with one attached hydrogen (secondary N) is 6. The molecule has 492 valence electrons. The molecule has 0 radical (unpaired) electrons. The van der Waals surface area contributed by atoms with E-state index in [0.717, 1.165) is 16.7 Å². The van der Waals surface area contributed by atoms with Gasteiger partial charge in [0.15, 0.2) is 23.2 Å². The third-order valence-electron chi connectivity index (χ3n) is 20.4. The SMILES string of the molecule is C/C1=C2/NC(=C(CCC(N)=O)[C@]2(C)CC(N)=O)/C=C2\N[C@H](/C(C)=C3\N[C@H]([C@H](CC(N)=O)[C@@]3(C)CCC(=O)NC[C@@H](C)OP(=O)(O)O[C@H]3C(O)=C([n+]4c[nH]c5cc(C)c(C)cc54)O[C@@H]3CO)[C@]3(C)NC1=C(CCC(N)=O)[C@]3(C)CC(N)=O)[C@@H](CCC(N)=O)C2(C)C. The minimum Gasteiger partial charge on any atom is -0.503 e. The topological polar surface area (TPSA) is 461 Å². The number of hydrogen-bond acceptors (Lipinski definition) is 17. The van der Waals surface area contributed by atoms with Crippen molar-refractivity contribution in [2.75, 3.05) is 13.2 Å². The number of nitrogens with two attached hydrogens (primary N) is 6. The molecule has 28 heteroatoms. The quantitative estimate of drug-likeness (QED) is 0.0475. The molecule has 6 aliphatic rings. The number of rotatable bonds is 26. The van der Waals surface area contributed by atoms with Crippen LogP contribution in [-0.2, 0) is 51.9 Å². The van der Waals surface area contributed by atoms with E-state index in [-0.39, 0.29) is 82.6 Å². The normalized spacial score (nSPS) is 31.7. The number of ether oxygens (including phenoxy) is 1. The Hall–Kier alpha value is -7.71. The Morgan fingerprint density at radius 2 is 1.42 bits per heavy atom. The van der Waals surface area contributed by atoms with Crippen molar-refractivity contribution in [2.45, 2.75) is 183 Å². The number of allylic oxidation sites excluding steroid dienone is 5. The van der Waals surface area contributed by atoms with Crippen LogP contribution in [0.4, 0.5) is 0 Å². The fourth-order valence-electron chi connectivity index (χ4n) is 15.3. The van der Waals surface area contributed by atoms with Gasteiger partial charge in [-0.05, 0) is 132 Å². The van der Waals surface area contributed by atoms with Gasteiger partial charge >= 0.3 is 13.7 Å². The number of H-pyrrole nitrogens is 1. The van der Waals surface area contributed by atoms with Crippen LogP contribution in [0.3, 0.4) is 0 Å². The molecule has 90 heavy (non-hydrogen) atoms. The van der Waals surface area contributed by atoms with Crippen molar-refractivity contribution in [3.63, 3.8) is 0 Å². The van der Waals surface area contributed by atoms with Crippen LogP contribution in [0, 0.1) is 47.3 Å².